The van der Waals surface area contributed by atoms with Crippen LogP contribution in [0.5, 0.6) is 11.5 Å². The Morgan fingerprint density at radius 2 is 1.74 bits per heavy atom. The summed E-state index contributed by atoms with van der Waals surface area (Å²) in [4.78, 5) is 21.9. The van der Waals surface area contributed by atoms with Gasteiger partial charge in [-0.25, -0.2) is 4.98 Å². The minimum Gasteiger partial charge on any atom is -0.497 e. The molecule has 5 rings (SSSR count). The molecule has 0 unspecified atom stereocenters. The van der Waals surface area contributed by atoms with Crippen LogP contribution in [0.2, 0.25) is 0 Å². The number of carbonyl (C=O) groups excluding carboxylic acids is 1. The van der Waals surface area contributed by atoms with Gasteiger partial charge in [0.15, 0.2) is 0 Å². The monoisotopic (exact) mass is 456 g/mol. The first-order valence-corrected chi connectivity index (χ1v) is 11.4. The number of fused-ring (bicyclic) bond motifs is 1. The number of benzene rings is 2. The lowest BCUT2D eigenvalue weighted by Crippen LogP contribution is -2.48. The van der Waals surface area contributed by atoms with Crippen LogP contribution in [0, 0.1) is 6.92 Å². The average molecular weight is 457 g/mol. The maximum atomic E-state index is 13.1. The van der Waals surface area contributed by atoms with Gasteiger partial charge in [-0.2, -0.15) is 0 Å². The summed E-state index contributed by atoms with van der Waals surface area (Å²) in [5.74, 6) is 1.54. The van der Waals surface area contributed by atoms with Crippen molar-refractivity contribution in [3.8, 4) is 11.5 Å². The number of aromatic nitrogens is 2. The Kier molecular flexibility index (Phi) is 6.08. The lowest BCUT2D eigenvalue weighted by Gasteiger charge is -2.36. The van der Waals surface area contributed by atoms with Crippen LogP contribution in [0.3, 0.4) is 0 Å². The summed E-state index contributed by atoms with van der Waals surface area (Å²) in [6.45, 7) is 5.34. The lowest BCUT2D eigenvalue weighted by atomic mass is 10.1. The van der Waals surface area contributed by atoms with E-state index in [0.29, 0.717) is 31.0 Å². The van der Waals surface area contributed by atoms with Crippen molar-refractivity contribution in [3.63, 3.8) is 0 Å². The van der Waals surface area contributed by atoms with E-state index in [1.807, 2.05) is 70.2 Å². The molecule has 7 heteroatoms. The standard InChI is InChI=1S/C27H28N4O3/c1-20-6-11-26-28-22(18-31(26)17-20)19-34-25-5-3-4-21(16-25)27(32)30-14-12-29(13-15-30)23-7-9-24(33-2)10-8-23/h3-11,16-18H,12-15,19H2,1-2H3. The molecule has 0 radical (unpaired) electrons. The maximum Gasteiger partial charge on any atom is 0.254 e. The second-order valence-corrected chi connectivity index (χ2v) is 8.50. The van der Waals surface area contributed by atoms with Gasteiger partial charge < -0.3 is 23.7 Å². The molecule has 0 spiro atoms. The predicted octanol–water partition coefficient (Wildman–Crippen LogP) is 4.19. The van der Waals surface area contributed by atoms with Gasteiger partial charge in [0.05, 0.1) is 12.8 Å². The molecule has 0 saturated carbocycles. The van der Waals surface area contributed by atoms with Crippen molar-refractivity contribution in [2.24, 2.45) is 0 Å². The zero-order chi connectivity index (χ0) is 23.5. The number of amides is 1. The number of nitrogens with zero attached hydrogens (tertiary/aromatic N) is 4. The first-order valence-electron chi connectivity index (χ1n) is 11.4. The third kappa shape index (κ3) is 4.69. The number of pyridine rings is 1. The average Bonchev–Trinajstić information content (AvgIpc) is 3.29. The van der Waals surface area contributed by atoms with Gasteiger partial charge >= 0.3 is 0 Å². The molecule has 1 saturated heterocycles. The van der Waals surface area contributed by atoms with Crippen LogP contribution in [0.15, 0.2) is 73.1 Å². The molecule has 174 valence electrons. The lowest BCUT2D eigenvalue weighted by molar-refractivity contribution is 0.0746. The molecule has 4 aromatic rings. The summed E-state index contributed by atoms with van der Waals surface area (Å²) in [7, 11) is 1.67. The quantitative estimate of drug-likeness (QED) is 0.435. The van der Waals surface area contributed by atoms with Crippen LogP contribution in [-0.4, -0.2) is 53.5 Å². The van der Waals surface area contributed by atoms with Crippen molar-refractivity contribution in [1.82, 2.24) is 14.3 Å². The van der Waals surface area contributed by atoms with E-state index in [1.165, 1.54) is 5.56 Å². The fourth-order valence-corrected chi connectivity index (χ4v) is 4.24. The highest BCUT2D eigenvalue weighted by molar-refractivity contribution is 5.94. The summed E-state index contributed by atoms with van der Waals surface area (Å²) in [6.07, 6.45) is 4.01. The molecule has 1 fully saturated rings. The van der Waals surface area contributed by atoms with E-state index >= 15 is 0 Å². The fourth-order valence-electron chi connectivity index (χ4n) is 4.24. The van der Waals surface area contributed by atoms with Crippen LogP contribution >= 0.6 is 0 Å². The van der Waals surface area contributed by atoms with E-state index < -0.39 is 0 Å². The number of anilines is 1. The number of methoxy groups -OCH3 is 1. The molecule has 1 aliphatic heterocycles. The second kappa shape index (κ2) is 9.47. The van der Waals surface area contributed by atoms with Crippen molar-refractivity contribution in [2.75, 3.05) is 38.2 Å². The number of rotatable bonds is 6. The number of hydrogen-bond acceptors (Lipinski definition) is 5. The summed E-state index contributed by atoms with van der Waals surface area (Å²) >= 11 is 0. The molecule has 1 aliphatic rings. The van der Waals surface area contributed by atoms with Crippen molar-refractivity contribution in [2.45, 2.75) is 13.5 Å². The van der Waals surface area contributed by atoms with Crippen LogP contribution in [-0.2, 0) is 6.61 Å². The molecule has 0 bridgehead atoms. The van der Waals surface area contributed by atoms with Crippen molar-refractivity contribution < 1.29 is 14.3 Å². The van der Waals surface area contributed by atoms with Gasteiger partial charge in [0.25, 0.3) is 5.91 Å². The van der Waals surface area contributed by atoms with E-state index in [9.17, 15) is 4.79 Å². The van der Waals surface area contributed by atoms with Gasteiger partial charge in [0, 0.05) is 49.8 Å². The first kappa shape index (κ1) is 21.8. The number of piperazine rings is 1. The molecule has 34 heavy (non-hydrogen) atoms. The highest BCUT2D eigenvalue weighted by atomic mass is 16.5. The smallest absolute Gasteiger partial charge is 0.254 e. The van der Waals surface area contributed by atoms with Crippen LogP contribution in [0.25, 0.3) is 5.65 Å². The number of aryl methyl sites for hydroxylation is 1. The maximum absolute atomic E-state index is 13.1. The molecule has 2 aromatic heterocycles. The number of hydrogen-bond donors (Lipinski definition) is 0. The zero-order valence-corrected chi connectivity index (χ0v) is 19.5. The molecule has 3 heterocycles. The van der Waals surface area contributed by atoms with Gasteiger partial charge in [0.2, 0.25) is 0 Å². The first-order chi connectivity index (χ1) is 16.6. The number of ether oxygens (including phenoxy) is 2. The summed E-state index contributed by atoms with van der Waals surface area (Å²) in [5.41, 5.74) is 4.69. The van der Waals surface area contributed by atoms with Gasteiger partial charge in [-0.05, 0) is 61.0 Å². The highest BCUT2D eigenvalue weighted by Crippen LogP contribution is 2.22. The Morgan fingerprint density at radius 3 is 2.50 bits per heavy atom. The van der Waals surface area contributed by atoms with Crippen LogP contribution in [0.4, 0.5) is 5.69 Å². The third-order valence-electron chi connectivity index (χ3n) is 6.12. The Morgan fingerprint density at radius 1 is 0.941 bits per heavy atom. The molecule has 0 atom stereocenters. The van der Waals surface area contributed by atoms with Crippen molar-refractivity contribution in [3.05, 3.63) is 89.9 Å². The van der Waals surface area contributed by atoms with Crippen molar-refractivity contribution in [1.29, 1.82) is 0 Å². The molecule has 7 nitrogen and oxygen atoms in total. The number of carbonyl (C=O) groups is 1. The molecular formula is C27H28N4O3. The van der Waals surface area contributed by atoms with E-state index in [-0.39, 0.29) is 5.91 Å². The van der Waals surface area contributed by atoms with Gasteiger partial charge in [-0.3, -0.25) is 4.79 Å². The molecule has 0 N–H and O–H groups in total. The topological polar surface area (TPSA) is 59.3 Å². The summed E-state index contributed by atoms with van der Waals surface area (Å²) in [5, 5.41) is 0. The van der Waals surface area contributed by atoms with E-state index in [4.69, 9.17) is 9.47 Å². The predicted molar refractivity (Wildman–Crippen MR) is 132 cm³/mol. The molecule has 0 aliphatic carbocycles. The normalized spacial score (nSPS) is 13.8. The van der Waals surface area contributed by atoms with Gasteiger partial charge in [-0.1, -0.05) is 12.1 Å². The molecular weight excluding hydrogens is 428 g/mol. The van der Waals surface area contributed by atoms with E-state index in [2.05, 4.69) is 28.9 Å². The van der Waals surface area contributed by atoms with Crippen LogP contribution < -0.4 is 14.4 Å². The zero-order valence-electron chi connectivity index (χ0n) is 19.5. The highest BCUT2D eigenvalue weighted by Gasteiger charge is 2.22. The molecule has 2 aromatic carbocycles. The minimum atomic E-state index is 0.0306. The van der Waals surface area contributed by atoms with E-state index in [0.717, 1.165) is 35.9 Å². The van der Waals surface area contributed by atoms with Crippen molar-refractivity contribution >= 4 is 17.2 Å². The van der Waals surface area contributed by atoms with E-state index in [1.54, 1.807) is 7.11 Å². The summed E-state index contributed by atoms with van der Waals surface area (Å²) < 4.78 is 13.2. The van der Waals surface area contributed by atoms with Gasteiger partial charge in [0.1, 0.15) is 23.8 Å². The third-order valence-corrected chi connectivity index (χ3v) is 6.12. The molecule has 1 amide bonds. The summed E-state index contributed by atoms with van der Waals surface area (Å²) in [6, 6.07) is 19.5. The Labute approximate surface area is 199 Å². The Hall–Kier alpha value is -4.00. The largest absolute Gasteiger partial charge is 0.497 e. The SMILES string of the molecule is COc1ccc(N2CCN(C(=O)c3cccc(OCc4cn5cc(C)ccc5n4)c3)CC2)cc1. The van der Waals surface area contributed by atoms with Gasteiger partial charge in [-0.15, -0.1) is 0 Å². The minimum absolute atomic E-state index is 0.0306. The Bertz CT molecular complexity index is 1290. The van der Waals surface area contributed by atoms with Crippen LogP contribution in [0.1, 0.15) is 21.6 Å². The second-order valence-electron chi connectivity index (χ2n) is 8.50. The fraction of sp³-hybridized carbons (Fsp3) is 0.259. The number of imidazole rings is 1. The Balaban J connectivity index is 1.19.